The molecule has 1 unspecified atom stereocenters. The first-order chi connectivity index (χ1) is 18.3. The highest BCUT2D eigenvalue weighted by Gasteiger charge is 2.48. The van der Waals surface area contributed by atoms with Crippen molar-refractivity contribution in [3.05, 3.63) is 76.7 Å². The molecular formula is C29H29ClN2O6. The van der Waals surface area contributed by atoms with E-state index >= 15 is 0 Å². The Morgan fingerprint density at radius 3 is 2.26 bits per heavy atom. The Morgan fingerprint density at radius 1 is 1.00 bits per heavy atom. The molecule has 1 aromatic heterocycles. The van der Waals surface area contributed by atoms with E-state index in [9.17, 15) is 14.7 Å². The summed E-state index contributed by atoms with van der Waals surface area (Å²) in [7, 11) is 2.86. The molecule has 2 fully saturated rings. The number of furan rings is 1. The SMILES string of the molecule is COc1cc(/C(O)=C2\C(=O)C(=O)N(c3ccc(N4CCC(C)CC4)cc3)C2c2ccco2)c(OC)cc1Cl. The van der Waals surface area contributed by atoms with E-state index in [0.717, 1.165) is 31.6 Å². The summed E-state index contributed by atoms with van der Waals surface area (Å²) < 4.78 is 16.4. The maximum atomic E-state index is 13.4. The van der Waals surface area contributed by atoms with Crippen LogP contribution in [0.5, 0.6) is 11.5 Å². The van der Waals surface area contributed by atoms with Crippen LogP contribution in [0.3, 0.4) is 0 Å². The molecule has 0 spiro atoms. The maximum absolute atomic E-state index is 13.4. The van der Waals surface area contributed by atoms with Gasteiger partial charge in [-0.25, -0.2) is 0 Å². The summed E-state index contributed by atoms with van der Waals surface area (Å²) in [5.41, 5.74) is 1.62. The van der Waals surface area contributed by atoms with Crippen LogP contribution in [0.1, 0.15) is 37.1 Å². The molecule has 38 heavy (non-hydrogen) atoms. The van der Waals surface area contributed by atoms with Gasteiger partial charge in [0.25, 0.3) is 11.7 Å². The van der Waals surface area contributed by atoms with Gasteiger partial charge in [0.1, 0.15) is 29.1 Å². The van der Waals surface area contributed by atoms with Gasteiger partial charge in [-0.05, 0) is 61.2 Å². The quantitative estimate of drug-likeness (QED) is 0.241. The van der Waals surface area contributed by atoms with E-state index in [-0.39, 0.29) is 27.7 Å². The van der Waals surface area contributed by atoms with E-state index in [2.05, 4.69) is 11.8 Å². The zero-order chi connectivity index (χ0) is 27.0. The molecule has 2 aliphatic rings. The first-order valence-corrected chi connectivity index (χ1v) is 12.8. The zero-order valence-electron chi connectivity index (χ0n) is 21.4. The van der Waals surface area contributed by atoms with Crippen LogP contribution in [0, 0.1) is 5.92 Å². The Bertz CT molecular complexity index is 1370. The Labute approximate surface area is 226 Å². The topological polar surface area (TPSA) is 92.5 Å². The number of ketones is 1. The molecule has 2 aliphatic heterocycles. The number of hydrogen-bond donors (Lipinski definition) is 1. The average Bonchev–Trinajstić information content (AvgIpc) is 3.55. The summed E-state index contributed by atoms with van der Waals surface area (Å²) in [5, 5.41) is 11.7. The Kier molecular flexibility index (Phi) is 7.08. The summed E-state index contributed by atoms with van der Waals surface area (Å²) >= 11 is 6.24. The van der Waals surface area contributed by atoms with Crippen LogP contribution in [-0.4, -0.2) is 44.1 Å². The van der Waals surface area contributed by atoms with E-state index in [0.29, 0.717) is 17.4 Å². The molecule has 3 heterocycles. The molecule has 1 amide bonds. The fourth-order valence-corrected chi connectivity index (χ4v) is 5.33. The highest BCUT2D eigenvalue weighted by atomic mass is 35.5. The van der Waals surface area contributed by atoms with Crippen LogP contribution in [0.25, 0.3) is 5.76 Å². The zero-order valence-corrected chi connectivity index (χ0v) is 22.2. The fourth-order valence-electron chi connectivity index (χ4n) is 5.10. The lowest BCUT2D eigenvalue weighted by atomic mass is 9.98. The van der Waals surface area contributed by atoms with Gasteiger partial charge < -0.3 is 23.9 Å². The highest BCUT2D eigenvalue weighted by Crippen LogP contribution is 2.45. The number of benzene rings is 2. The largest absolute Gasteiger partial charge is 0.507 e. The number of hydrogen-bond acceptors (Lipinski definition) is 7. The third kappa shape index (κ3) is 4.49. The minimum Gasteiger partial charge on any atom is -0.507 e. The molecule has 0 radical (unpaired) electrons. The number of aliphatic hydroxyl groups is 1. The molecule has 1 atom stereocenters. The normalized spacial score (nSPS) is 19.7. The standard InChI is InChI=1S/C29H29ClN2O6/c1-17-10-12-31(13-11-17)18-6-8-19(9-7-18)32-26(22-5-4-14-38-22)25(28(34)29(32)35)27(33)20-15-24(37-3)21(30)16-23(20)36-2/h4-9,14-17,26,33H,10-13H2,1-3H3/b27-25+. The smallest absolute Gasteiger partial charge is 0.300 e. The summed E-state index contributed by atoms with van der Waals surface area (Å²) in [4.78, 5) is 30.5. The minimum absolute atomic E-state index is 0.123. The highest BCUT2D eigenvalue weighted by molar-refractivity contribution is 6.51. The number of nitrogens with zero attached hydrogens (tertiary/aromatic N) is 2. The van der Waals surface area contributed by atoms with Crippen LogP contribution in [-0.2, 0) is 9.59 Å². The van der Waals surface area contributed by atoms with Crippen LogP contribution in [0.2, 0.25) is 5.02 Å². The Hall–Kier alpha value is -3.91. The number of methoxy groups -OCH3 is 2. The second-order valence-electron chi connectivity index (χ2n) is 9.56. The third-order valence-electron chi connectivity index (χ3n) is 7.26. The molecule has 0 aliphatic carbocycles. The van der Waals surface area contributed by atoms with Crippen LogP contribution >= 0.6 is 11.6 Å². The van der Waals surface area contributed by atoms with Crippen molar-refractivity contribution in [1.82, 2.24) is 0 Å². The number of amides is 1. The number of piperidine rings is 1. The summed E-state index contributed by atoms with van der Waals surface area (Å²) in [5.74, 6) is -0.484. The number of anilines is 2. The van der Waals surface area contributed by atoms with Gasteiger partial charge in [0, 0.05) is 30.5 Å². The molecule has 198 valence electrons. The summed E-state index contributed by atoms with van der Waals surface area (Å²) in [6.07, 6.45) is 3.73. The van der Waals surface area contributed by atoms with Crippen molar-refractivity contribution in [2.45, 2.75) is 25.8 Å². The molecule has 3 aromatic rings. The van der Waals surface area contributed by atoms with Gasteiger partial charge in [0.15, 0.2) is 0 Å². The van der Waals surface area contributed by atoms with Crippen molar-refractivity contribution in [3.63, 3.8) is 0 Å². The number of rotatable bonds is 6. The molecule has 1 N–H and O–H groups in total. The van der Waals surface area contributed by atoms with Crippen molar-refractivity contribution in [2.75, 3.05) is 37.1 Å². The van der Waals surface area contributed by atoms with Gasteiger partial charge in [0.05, 0.1) is 36.6 Å². The van der Waals surface area contributed by atoms with Crippen molar-refractivity contribution < 1.29 is 28.6 Å². The molecular weight excluding hydrogens is 508 g/mol. The minimum atomic E-state index is -0.988. The number of ether oxygens (including phenoxy) is 2. The van der Waals surface area contributed by atoms with E-state index in [1.165, 1.54) is 37.5 Å². The number of aliphatic hydroxyl groups excluding tert-OH is 1. The number of carbonyl (C=O) groups excluding carboxylic acids is 2. The van der Waals surface area contributed by atoms with Crippen molar-refractivity contribution >= 4 is 40.4 Å². The molecule has 5 rings (SSSR count). The average molecular weight is 537 g/mol. The van der Waals surface area contributed by atoms with Gasteiger partial charge in [-0.2, -0.15) is 0 Å². The molecule has 0 bridgehead atoms. The van der Waals surface area contributed by atoms with E-state index in [4.69, 9.17) is 25.5 Å². The lowest BCUT2D eigenvalue weighted by Crippen LogP contribution is -2.33. The number of carbonyl (C=O) groups is 2. The van der Waals surface area contributed by atoms with E-state index in [1.54, 1.807) is 12.1 Å². The molecule has 8 nitrogen and oxygen atoms in total. The third-order valence-corrected chi connectivity index (χ3v) is 7.56. The van der Waals surface area contributed by atoms with Crippen LogP contribution < -0.4 is 19.3 Å². The van der Waals surface area contributed by atoms with Crippen molar-refractivity contribution in [1.29, 1.82) is 0 Å². The fraction of sp³-hybridized carbons (Fsp3) is 0.310. The van der Waals surface area contributed by atoms with E-state index < -0.39 is 23.5 Å². The van der Waals surface area contributed by atoms with Crippen LogP contribution in [0.15, 0.2) is 64.8 Å². The predicted octanol–water partition coefficient (Wildman–Crippen LogP) is 5.81. The lowest BCUT2D eigenvalue weighted by Gasteiger charge is -2.32. The second-order valence-corrected chi connectivity index (χ2v) is 9.96. The number of halogens is 1. The Balaban J connectivity index is 1.59. The first kappa shape index (κ1) is 25.7. The van der Waals surface area contributed by atoms with Crippen LogP contribution in [0.4, 0.5) is 11.4 Å². The van der Waals surface area contributed by atoms with Crippen molar-refractivity contribution in [3.8, 4) is 11.5 Å². The van der Waals surface area contributed by atoms with Crippen molar-refractivity contribution in [2.24, 2.45) is 5.92 Å². The van der Waals surface area contributed by atoms with Gasteiger partial charge >= 0.3 is 0 Å². The maximum Gasteiger partial charge on any atom is 0.300 e. The molecule has 2 aromatic carbocycles. The summed E-state index contributed by atoms with van der Waals surface area (Å²) in [6, 6.07) is 12.8. The first-order valence-electron chi connectivity index (χ1n) is 12.4. The predicted molar refractivity (Wildman–Crippen MR) is 145 cm³/mol. The lowest BCUT2D eigenvalue weighted by molar-refractivity contribution is -0.132. The van der Waals surface area contributed by atoms with Gasteiger partial charge in [-0.3, -0.25) is 14.5 Å². The second kappa shape index (κ2) is 10.5. The Morgan fingerprint density at radius 2 is 1.66 bits per heavy atom. The molecule has 2 saturated heterocycles. The summed E-state index contributed by atoms with van der Waals surface area (Å²) in [6.45, 7) is 4.22. The number of Topliss-reactive ketones (excluding diaryl/α,β-unsaturated/α-hetero) is 1. The monoisotopic (exact) mass is 536 g/mol. The van der Waals surface area contributed by atoms with E-state index in [1.807, 2.05) is 24.3 Å². The van der Waals surface area contributed by atoms with Gasteiger partial charge in [-0.1, -0.05) is 18.5 Å². The molecule has 0 saturated carbocycles. The molecule has 9 heteroatoms. The van der Waals surface area contributed by atoms with Gasteiger partial charge in [-0.15, -0.1) is 0 Å². The van der Waals surface area contributed by atoms with Gasteiger partial charge in [0.2, 0.25) is 0 Å².